The number of rotatable bonds is 9. The minimum atomic E-state index is -2.88. The van der Waals surface area contributed by atoms with Crippen molar-refractivity contribution in [2.24, 2.45) is 0 Å². The number of sulfone groups is 1. The number of ketones is 1. The largest absolute Gasteiger partial charge is 0.490 e. The van der Waals surface area contributed by atoms with Crippen molar-refractivity contribution < 1.29 is 27.1 Å². The highest BCUT2D eigenvalue weighted by Gasteiger charge is 2.39. The van der Waals surface area contributed by atoms with Crippen LogP contribution in [0.1, 0.15) is 40.0 Å². The number of aromatic amines is 1. The fourth-order valence-corrected chi connectivity index (χ4v) is 8.66. The standard InChI is InChI=1S/C40H38FN5O5S/c1-24-7-3-4-8-30(24)31-20-34-26(19-38(31)50-29-13-15-45(16-14-29)28-22-52(48,49)23-28)18-35(44-34)39(47)32-21-43-46(40(32)42)27-11-12-36(25(2)17-27)51-37-10-6-5-9-33(37)41/h3-12,17-21,28-29,44H,13-16,22-23,42H2,1-2H3. The van der Waals surface area contributed by atoms with Crippen molar-refractivity contribution in [1.82, 2.24) is 19.7 Å². The van der Waals surface area contributed by atoms with E-state index in [1.807, 2.05) is 43.3 Å². The number of likely N-dealkylation sites (tertiary alicyclic amines) is 1. The van der Waals surface area contributed by atoms with Gasteiger partial charge in [0.2, 0.25) is 5.78 Å². The van der Waals surface area contributed by atoms with Gasteiger partial charge in [0, 0.05) is 35.6 Å². The maximum Gasteiger partial charge on any atom is 0.214 e. The number of nitrogen functional groups attached to an aromatic ring is 1. The number of anilines is 1. The molecule has 10 nitrogen and oxygen atoms in total. The second-order valence-corrected chi connectivity index (χ2v) is 15.8. The Kier molecular flexibility index (Phi) is 8.59. The van der Waals surface area contributed by atoms with E-state index in [1.165, 1.54) is 16.9 Å². The number of benzene rings is 4. The SMILES string of the molecule is Cc1cc(-n2ncc(C(=O)c3cc4cc(OC5CCN(C6CS(=O)(=O)C6)CC5)c(-c5ccccc5C)cc4[nH]3)c2N)ccc1Oc1ccccc1F. The summed E-state index contributed by atoms with van der Waals surface area (Å²) in [6.07, 6.45) is 3.02. The molecule has 2 aliphatic rings. The van der Waals surface area contributed by atoms with E-state index < -0.39 is 15.7 Å². The first-order valence-corrected chi connectivity index (χ1v) is 19.1. The predicted octanol–water partition coefficient (Wildman–Crippen LogP) is 7.02. The summed E-state index contributed by atoms with van der Waals surface area (Å²) < 4.78 is 51.6. The molecule has 52 heavy (non-hydrogen) atoms. The van der Waals surface area contributed by atoms with Crippen LogP contribution < -0.4 is 15.2 Å². The Morgan fingerprint density at radius 1 is 0.885 bits per heavy atom. The molecule has 0 aliphatic carbocycles. The Bertz CT molecular complexity index is 2440. The van der Waals surface area contributed by atoms with Crippen molar-refractivity contribution in [3.8, 4) is 34.1 Å². The first-order valence-electron chi connectivity index (χ1n) is 17.3. The van der Waals surface area contributed by atoms with Crippen LogP contribution in [0.15, 0.2) is 91.1 Å². The van der Waals surface area contributed by atoms with Crippen LogP contribution in [0.5, 0.6) is 17.2 Å². The van der Waals surface area contributed by atoms with Crippen LogP contribution in [0.25, 0.3) is 27.7 Å². The molecule has 0 atom stereocenters. The van der Waals surface area contributed by atoms with Crippen LogP contribution in [-0.4, -0.2) is 70.6 Å². The fourth-order valence-electron chi connectivity index (χ4n) is 7.16. The summed E-state index contributed by atoms with van der Waals surface area (Å²) in [5.74, 6) is 1.25. The second-order valence-electron chi connectivity index (χ2n) is 13.7. The number of fused-ring (bicyclic) bond motifs is 1. The summed E-state index contributed by atoms with van der Waals surface area (Å²) in [6.45, 7) is 5.47. The van der Waals surface area contributed by atoms with Gasteiger partial charge in [-0.15, -0.1) is 0 Å². The molecule has 266 valence electrons. The number of halogens is 1. The van der Waals surface area contributed by atoms with E-state index in [1.54, 1.807) is 30.3 Å². The van der Waals surface area contributed by atoms with E-state index >= 15 is 0 Å². The molecule has 0 bridgehead atoms. The minimum Gasteiger partial charge on any atom is -0.490 e. The minimum absolute atomic E-state index is 0.0254. The van der Waals surface area contributed by atoms with Crippen LogP contribution in [0, 0.1) is 19.7 Å². The molecule has 2 saturated heterocycles. The lowest BCUT2D eigenvalue weighted by molar-refractivity contribution is 0.0828. The summed E-state index contributed by atoms with van der Waals surface area (Å²) in [6, 6.07) is 25.5. The number of hydrogen-bond donors (Lipinski definition) is 2. The van der Waals surface area contributed by atoms with Crippen LogP contribution >= 0.6 is 0 Å². The molecule has 0 radical (unpaired) electrons. The highest BCUT2D eigenvalue weighted by Crippen LogP contribution is 2.38. The number of nitrogens with one attached hydrogen (secondary N) is 1. The van der Waals surface area contributed by atoms with Crippen molar-refractivity contribution in [2.75, 3.05) is 30.3 Å². The van der Waals surface area contributed by atoms with Crippen LogP contribution in [0.3, 0.4) is 0 Å². The molecule has 4 aromatic carbocycles. The molecule has 3 N–H and O–H groups in total. The number of carbonyl (C=O) groups excluding carboxylic acids is 1. The third kappa shape index (κ3) is 6.44. The third-order valence-electron chi connectivity index (χ3n) is 10.1. The first kappa shape index (κ1) is 33.7. The maximum atomic E-state index is 14.2. The number of ether oxygens (including phenoxy) is 2. The Balaban J connectivity index is 1.05. The summed E-state index contributed by atoms with van der Waals surface area (Å²) in [4.78, 5) is 19.5. The third-order valence-corrected chi connectivity index (χ3v) is 11.9. The average molecular weight is 720 g/mol. The number of carbonyl (C=O) groups is 1. The highest BCUT2D eigenvalue weighted by molar-refractivity contribution is 7.92. The highest BCUT2D eigenvalue weighted by atomic mass is 32.2. The average Bonchev–Trinajstić information content (AvgIpc) is 3.72. The van der Waals surface area contributed by atoms with Crippen molar-refractivity contribution in [2.45, 2.75) is 38.8 Å². The summed E-state index contributed by atoms with van der Waals surface area (Å²) >= 11 is 0. The van der Waals surface area contributed by atoms with E-state index in [0.717, 1.165) is 64.8 Å². The van der Waals surface area contributed by atoms with Gasteiger partial charge in [0.15, 0.2) is 21.4 Å². The van der Waals surface area contributed by atoms with Gasteiger partial charge in [-0.05, 0) is 91.9 Å². The summed E-state index contributed by atoms with van der Waals surface area (Å²) in [5.41, 5.74) is 12.3. The number of nitrogens with two attached hydrogens (primary N) is 1. The van der Waals surface area contributed by atoms with Gasteiger partial charge in [-0.2, -0.15) is 5.10 Å². The van der Waals surface area contributed by atoms with Gasteiger partial charge in [-0.25, -0.2) is 17.5 Å². The smallest absolute Gasteiger partial charge is 0.214 e. The molecule has 0 amide bonds. The zero-order valence-corrected chi connectivity index (χ0v) is 29.6. The topological polar surface area (TPSA) is 133 Å². The number of nitrogens with zero attached hydrogens (tertiary/aromatic N) is 3. The zero-order valence-electron chi connectivity index (χ0n) is 28.8. The fraction of sp³-hybridized carbons (Fsp3) is 0.250. The van der Waals surface area contributed by atoms with Gasteiger partial charge in [0.1, 0.15) is 23.4 Å². The predicted molar refractivity (Wildman–Crippen MR) is 199 cm³/mol. The summed E-state index contributed by atoms with van der Waals surface area (Å²) in [5, 5.41) is 5.25. The molecular weight excluding hydrogens is 682 g/mol. The normalized spacial score (nSPS) is 16.5. The lowest BCUT2D eigenvalue weighted by Gasteiger charge is -2.41. The Morgan fingerprint density at radius 2 is 1.63 bits per heavy atom. The molecule has 8 rings (SSSR count). The van der Waals surface area contributed by atoms with E-state index in [2.05, 4.69) is 34.0 Å². The Hall–Kier alpha value is -5.46. The summed E-state index contributed by atoms with van der Waals surface area (Å²) in [7, 11) is -2.88. The Labute approximate surface area is 300 Å². The van der Waals surface area contributed by atoms with Crippen molar-refractivity contribution >= 4 is 32.3 Å². The van der Waals surface area contributed by atoms with Crippen LogP contribution in [-0.2, 0) is 9.84 Å². The van der Waals surface area contributed by atoms with Gasteiger partial charge < -0.3 is 20.2 Å². The molecule has 0 saturated carbocycles. The number of para-hydroxylation sites is 1. The number of aromatic nitrogens is 3. The number of H-pyrrole nitrogens is 1. The first-order chi connectivity index (χ1) is 25.0. The van der Waals surface area contributed by atoms with Gasteiger partial charge in [0.05, 0.1) is 34.6 Å². The van der Waals surface area contributed by atoms with Gasteiger partial charge in [-0.3, -0.25) is 9.69 Å². The zero-order chi connectivity index (χ0) is 36.1. The number of hydrogen-bond acceptors (Lipinski definition) is 8. The molecule has 4 heterocycles. The van der Waals surface area contributed by atoms with Crippen LogP contribution in [0.2, 0.25) is 0 Å². The van der Waals surface area contributed by atoms with E-state index in [-0.39, 0.29) is 46.6 Å². The van der Waals surface area contributed by atoms with Crippen molar-refractivity contribution in [3.05, 3.63) is 119 Å². The molecule has 2 aromatic heterocycles. The van der Waals surface area contributed by atoms with Gasteiger partial charge in [0.25, 0.3) is 0 Å². The second kappa shape index (κ2) is 13.3. The van der Waals surface area contributed by atoms with Gasteiger partial charge in [-0.1, -0.05) is 36.4 Å². The monoisotopic (exact) mass is 719 g/mol. The molecule has 2 aliphatic heterocycles. The molecular formula is C40H38FN5O5S. The van der Waals surface area contributed by atoms with Gasteiger partial charge >= 0.3 is 0 Å². The lowest BCUT2D eigenvalue weighted by atomic mass is 9.98. The molecule has 2 fully saturated rings. The molecule has 12 heteroatoms. The number of aryl methyl sites for hydroxylation is 2. The number of piperidine rings is 1. The van der Waals surface area contributed by atoms with E-state index in [0.29, 0.717) is 17.1 Å². The molecule has 6 aromatic rings. The van der Waals surface area contributed by atoms with Crippen molar-refractivity contribution in [3.63, 3.8) is 0 Å². The van der Waals surface area contributed by atoms with E-state index in [4.69, 9.17) is 15.2 Å². The lowest BCUT2D eigenvalue weighted by Crippen LogP contribution is -2.56. The molecule has 0 unspecified atom stereocenters. The van der Waals surface area contributed by atoms with Crippen molar-refractivity contribution in [1.29, 1.82) is 0 Å². The maximum absolute atomic E-state index is 14.2. The quantitative estimate of drug-likeness (QED) is 0.152. The molecule has 0 spiro atoms. The van der Waals surface area contributed by atoms with E-state index in [9.17, 15) is 17.6 Å². The Morgan fingerprint density at radius 3 is 2.37 bits per heavy atom. The van der Waals surface area contributed by atoms with Crippen LogP contribution in [0.4, 0.5) is 10.2 Å².